The average molecular weight is 268 g/mol. The van der Waals surface area contributed by atoms with Crippen LogP contribution in [-0.2, 0) is 9.53 Å². The van der Waals surface area contributed by atoms with Crippen molar-refractivity contribution in [3.05, 3.63) is 0 Å². The first-order valence-corrected chi connectivity index (χ1v) is 7.53. The molecule has 4 heteroatoms. The molecule has 1 N–H and O–H groups in total. The van der Waals surface area contributed by atoms with Crippen LogP contribution in [0.2, 0.25) is 0 Å². The molecule has 0 radical (unpaired) electrons. The van der Waals surface area contributed by atoms with Crippen LogP contribution in [0, 0.1) is 11.3 Å². The third-order valence-corrected chi connectivity index (χ3v) is 4.55. The average Bonchev–Trinajstić information content (AvgIpc) is 2.31. The van der Waals surface area contributed by atoms with Crippen LogP contribution in [0.4, 0.5) is 0 Å². The van der Waals surface area contributed by atoms with Crippen LogP contribution in [0.1, 0.15) is 40.5 Å². The lowest BCUT2D eigenvalue weighted by Gasteiger charge is -2.39. The Morgan fingerprint density at radius 3 is 2.21 bits per heavy atom. The van der Waals surface area contributed by atoms with Gasteiger partial charge in [-0.1, -0.05) is 27.7 Å². The fourth-order valence-corrected chi connectivity index (χ4v) is 2.49. The smallest absolute Gasteiger partial charge is 0.225 e. The molecule has 0 aromatic heterocycles. The summed E-state index contributed by atoms with van der Waals surface area (Å²) in [4.78, 5) is 14.4. The third kappa shape index (κ3) is 3.69. The highest BCUT2D eigenvalue weighted by Crippen LogP contribution is 2.28. The number of hydrogen-bond donors (Lipinski definition) is 1. The van der Waals surface area contributed by atoms with Crippen molar-refractivity contribution in [1.82, 2.24) is 10.2 Å². The number of hydrogen-bond acceptors (Lipinski definition) is 3. The lowest BCUT2D eigenvalue weighted by Crippen LogP contribution is -2.52. The summed E-state index contributed by atoms with van der Waals surface area (Å²) in [5.74, 6) is 0.386. The van der Waals surface area contributed by atoms with E-state index in [4.69, 9.17) is 4.74 Å². The fourth-order valence-electron chi connectivity index (χ4n) is 2.49. The van der Waals surface area contributed by atoms with Gasteiger partial charge in [-0.3, -0.25) is 4.79 Å². The van der Waals surface area contributed by atoms with Crippen molar-refractivity contribution in [3.8, 4) is 0 Å². The van der Waals surface area contributed by atoms with Gasteiger partial charge in [0.1, 0.15) is 0 Å². The number of carbonyl (C=O) groups is 1. The Hall–Kier alpha value is -0.610. The molecule has 19 heavy (non-hydrogen) atoms. The minimum atomic E-state index is 0.0437. The highest BCUT2D eigenvalue weighted by molar-refractivity contribution is 5.79. The van der Waals surface area contributed by atoms with Crippen LogP contribution in [0.25, 0.3) is 0 Å². The van der Waals surface area contributed by atoms with Gasteiger partial charge in [0, 0.05) is 32.1 Å². The van der Waals surface area contributed by atoms with E-state index in [-0.39, 0.29) is 11.3 Å². The number of piperidine rings is 1. The lowest BCUT2D eigenvalue weighted by atomic mass is 9.81. The minimum absolute atomic E-state index is 0.0437. The van der Waals surface area contributed by atoms with Gasteiger partial charge in [0.25, 0.3) is 0 Å². The fraction of sp³-hybridized carbons (Fsp3) is 0.933. The number of nitrogens with zero attached hydrogens (tertiary/aromatic N) is 1. The van der Waals surface area contributed by atoms with Crippen molar-refractivity contribution in [2.45, 2.75) is 52.7 Å². The Labute approximate surface area is 116 Å². The first-order chi connectivity index (χ1) is 8.88. The summed E-state index contributed by atoms with van der Waals surface area (Å²) in [6.07, 6.45) is 2.72. The molecule has 2 aliphatic rings. The van der Waals surface area contributed by atoms with Gasteiger partial charge in [0.2, 0.25) is 5.91 Å². The Morgan fingerprint density at radius 1 is 1.21 bits per heavy atom. The molecule has 0 saturated carbocycles. The molecule has 0 spiro atoms. The van der Waals surface area contributed by atoms with Crippen LogP contribution in [0.5, 0.6) is 0 Å². The highest BCUT2D eigenvalue weighted by Gasteiger charge is 2.33. The number of likely N-dealkylation sites (tertiary alicyclic amines) is 1. The van der Waals surface area contributed by atoms with Crippen LogP contribution in [0.3, 0.4) is 0 Å². The zero-order valence-corrected chi connectivity index (χ0v) is 12.7. The van der Waals surface area contributed by atoms with Crippen molar-refractivity contribution in [2.75, 3.05) is 26.2 Å². The van der Waals surface area contributed by atoms with Crippen LogP contribution < -0.4 is 5.32 Å². The van der Waals surface area contributed by atoms with Crippen molar-refractivity contribution in [3.63, 3.8) is 0 Å². The quantitative estimate of drug-likeness (QED) is 0.846. The van der Waals surface area contributed by atoms with Gasteiger partial charge in [-0.15, -0.1) is 0 Å². The molecule has 1 amide bonds. The van der Waals surface area contributed by atoms with Gasteiger partial charge in [0.05, 0.1) is 12.2 Å². The van der Waals surface area contributed by atoms with Crippen molar-refractivity contribution in [1.29, 1.82) is 0 Å². The van der Waals surface area contributed by atoms with Crippen molar-refractivity contribution in [2.24, 2.45) is 11.3 Å². The number of nitrogens with one attached hydrogen (secondary N) is 1. The molecule has 0 bridgehead atoms. The summed E-state index contributed by atoms with van der Waals surface area (Å²) in [5.41, 5.74) is 0.0437. The largest absolute Gasteiger partial charge is 0.372 e. The second kappa shape index (κ2) is 5.80. The van der Waals surface area contributed by atoms with E-state index in [2.05, 4.69) is 26.1 Å². The monoisotopic (exact) mass is 268 g/mol. The second-order valence-corrected chi connectivity index (χ2v) is 7.03. The normalized spacial score (nSPS) is 24.1. The maximum atomic E-state index is 12.4. The molecule has 0 aliphatic carbocycles. The Kier molecular flexibility index (Phi) is 4.51. The molecule has 2 saturated heterocycles. The zero-order valence-electron chi connectivity index (χ0n) is 12.7. The molecule has 2 heterocycles. The Bertz CT molecular complexity index is 313. The molecular weight excluding hydrogens is 240 g/mol. The molecule has 2 aliphatic heterocycles. The first-order valence-electron chi connectivity index (χ1n) is 7.53. The topological polar surface area (TPSA) is 41.6 Å². The lowest BCUT2D eigenvalue weighted by molar-refractivity contribution is -0.142. The molecule has 0 aromatic carbocycles. The molecular formula is C15H28N2O2. The molecule has 1 atom stereocenters. The van der Waals surface area contributed by atoms with Gasteiger partial charge >= 0.3 is 0 Å². The van der Waals surface area contributed by atoms with E-state index in [1.54, 1.807) is 0 Å². The summed E-state index contributed by atoms with van der Waals surface area (Å²) in [6.45, 7) is 12.1. The third-order valence-electron chi connectivity index (χ3n) is 4.55. The van der Waals surface area contributed by atoms with Crippen molar-refractivity contribution >= 4 is 5.91 Å². The SMILES string of the molecule is CC(C(=O)N1CCC(OC2CNC2)CC1)C(C)(C)C. The van der Waals surface area contributed by atoms with E-state index in [9.17, 15) is 4.79 Å². The Morgan fingerprint density at radius 2 is 1.79 bits per heavy atom. The Balaban J connectivity index is 1.77. The molecule has 2 rings (SSSR count). The van der Waals surface area contributed by atoms with Gasteiger partial charge in [0.15, 0.2) is 0 Å². The van der Waals surface area contributed by atoms with Gasteiger partial charge in [-0.05, 0) is 18.3 Å². The number of rotatable bonds is 3. The number of ether oxygens (including phenoxy) is 1. The molecule has 1 unspecified atom stereocenters. The molecule has 2 fully saturated rings. The summed E-state index contributed by atoms with van der Waals surface area (Å²) < 4.78 is 5.98. The predicted molar refractivity (Wildman–Crippen MR) is 76.0 cm³/mol. The summed E-state index contributed by atoms with van der Waals surface area (Å²) >= 11 is 0. The summed E-state index contributed by atoms with van der Waals surface area (Å²) in [6, 6.07) is 0. The highest BCUT2D eigenvalue weighted by atomic mass is 16.5. The number of amides is 1. The van der Waals surface area contributed by atoms with Gasteiger partial charge in [-0.2, -0.15) is 0 Å². The summed E-state index contributed by atoms with van der Waals surface area (Å²) in [7, 11) is 0. The van der Waals surface area contributed by atoms with E-state index in [0.717, 1.165) is 39.0 Å². The predicted octanol–water partition coefficient (Wildman–Crippen LogP) is 1.65. The van der Waals surface area contributed by atoms with Crippen molar-refractivity contribution < 1.29 is 9.53 Å². The second-order valence-electron chi connectivity index (χ2n) is 7.03. The maximum absolute atomic E-state index is 12.4. The van der Waals surface area contributed by atoms with E-state index in [0.29, 0.717) is 18.1 Å². The van der Waals surface area contributed by atoms with Gasteiger partial charge in [-0.25, -0.2) is 0 Å². The molecule has 110 valence electrons. The zero-order chi connectivity index (χ0) is 14.0. The first kappa shape index (κ1) is 14.8. The standard InChI is InChI=1S/C15H28N2O2/c1-11(15(2,3)4)14(18)17-7-5-12(6-8-17)19-13-9-16-10-13/h11-13,16H,5-10H2,1-4H3. The maximum Gasteiger partial charge on any atom is 0.225 e. The van der Waals surface area contributed by atoms with E-state index in [1.807, 2.05) is 11.8 Å². The minimum Gasteiger partial charge on any atom is -0.372 e. The molecule has 4 nitrogen and oxygen atoms in total. The molecule has 0 aromatic rings. The summed E-state index contributed by atoms with van der Waals surface area (Å²) in [5, 5.41) is 3.22. The van der Waals surface area contributed by atoms with E-state index < -0.39 is 0 Å². The number of carbonyl (C=O) groups excluding carboxylic acids is 1. The van der Waals surface area contributed by atoms with Gasteiger partial charge < -0.3 is 15.0 Å². The van der Waals surface area contributed by atoms with E-state index >= 15 is 0 Å². The van der Waals surface area contributed by atoms with E-state index in [1.165, 1.54) is 0 Å². The van der Waals surface area contributed by atoms with Crippen LogP contribution >= 0.6 is 0 Å². The van der Waals surface area contributed by atoms with Crippen LogP contribution in [0.15, 0.2) is 0 Å². The van der Waals surface area contributed by atoms with Crippen LogP contribution in [-0.4, -0.2) is 49.2 Å².